The number of carbonyl (C=O) groups excluding carboxylic acids is 2. The third kappa shape index (κ3) is 47.6. The van der Waals surface area contributed by atoms with Gasteiger partial charge in [-0.2, -0.15) is 0 Å². The van der Waals surface area contributed by atoms with E-state index in [0.717, 1.165) is 51.4 Å². The van der Waals surface area contributed by atoms with Crippen LogP contribution in [0.3, 0.4) is 0 Å². The Morgan fingerprint density at radius 2 is 0.839 bits per heavy atom. The Balaban J connectivity index is 3.37. The highest BCUT2D eigenvalue weighted by Gasteiger charge is 2.18. The van der Waals surface area contributed by atoms with Gasteiger partial charge < -0.3 is 20.3 Å². The quantitative estimate of drug-likeness (QED) is 0.0321. The van der Waals surface area contributed by atoms with Gasteiger partial charge in [0.25, 0.3) is 0 Å². The minimum absolute atomic E-state index is 0.00217. The number of ether oxygens (including phenoxy) is 1. The number of amides is 1. The van der Waals surface area contributed by atoms with E-state index in [-0.39, 0.29) is 18.5 Å². The molecule has 0 spiro atoms. The van der Waals surface area contributed by atoms with Crippen LogP contribution in [-0.2, 0) is 14.3 Å². The molecule has 1 amide bonds. The number of esters is 1. The molecule has 62 heavy (non-hydrogen) atoms. The molecule has 0 aromatic carbocycles. The highest BCUT2D eigenvalue weighted by molar-refractivity contribution is 5.76. The Morgan fingerprint density at radius 3 is 1.29 bits per heavy atom. The summed E-state index contributed by atoms with van der Waals surface area (Å²) in [5, 5.41) is 22.9. The van der Waals surface area contributed by atoms with E-state index in [1.807, 2.05) is 6.08 Å². The van der Waals surface area contributed by atoms with Gasteiger partial charge in [0, 0.05) is 12.8 Å². The molecule has 0 aliphatic rings. The van der Waals surface area contributed by atoms with Crippen molar-refractivity contribution in [1.29, 1.82) is 0 Å². The van der Waals surface area contributed by atoms with Crippen LogP contribution in [0.5, 0.6) is 0 Å². The number of aliphatic hydroxyl groups is 2. The van der Waals surface area contributed by atoms with Gasteiger partial charge in [-0.3, -0.25) is 9.59 Å². The van der Waals surface area contributed by atoms with E-state index in [1.165, 1.54) is 205 Å². The van der Waals surface area contributed by atoms with E-state index < -0.39 is 12.1 Å². The van der Waals surface area contributed by atoms with E-state index in [2.05, 4.69) is 43.5 Å². The van der Waals surface area contributed by atoms with E-state index >= 15 is 0 Å². The second kappa shape index (κ2) is 51.7. The summed E-state index contributed by atoms with van der Waals surface area (Å²) >= 11 is 0. The highest BCUT2D eigenvalue weighted by Crippen LogP contribution is 2.17. The Kier molecular flexibility index (Phi) is 50.1. The number of aliphatic hydroxyl groups excluding tert-OH is 2. The third-order valence-corrected chi connectivity index (χ3v) is 12.4. The monoisotopic (exact) mass is 872 g/mol. The number of allylic oxidation sites excluding steroid dienone is 5. The minimum Gasteiger partial charge on any atom is -0.466 e. The summed E-state index contributed by atoms with van der Waals surface area (Å²) in [6, 6.07) is -0.625. The van der Waals surface area contributed by atoms with Crippen LogP contribution in [0.25, 0.3) is 0 Å². The molecular formula is C56H105NO5. The first-order valence-electron chi connectivity index (χ1n) is 27.3. The molecule has 2 unspecified atom stereocenters. The standard InChI is InChI=1S/C56H105NO5/c1-3-5-7-9-11-13-14-26-30-34-38-42-46-50-56(61)62-51-47-43-39-35-31-28-25-23-21-19-17-15-16-18-20-22-24-27-29-33-37-41-45-49-55(60)57-53(52-58)54(59)48-44-40-36-32-12-10-8-6-4-2/h7,9,13-14,44,48,53-54,58-59H,3-6,8,10-12,15-43,45-47,49-52H2,1-2H3,(H,57,60)/b9-7-,14-13-,48-44+. The topological polar surface area (TPSA) is 95.9 Å². The van der Waals surface area contributed by atoms with Crippen LogP contribution < -0.4 is 5.32 Å². The van der Waals surface area contributed by atoms with Crippen LogP contribution >= 0.6 is 0 Å². The average molecular weight is 872 g/mol. The van der Waals surface area contributed by atoms with E-state index in [0.29, 0.717) is 19.4 Å². The molecule has 3 N–H and O–H groups in total. The van der Waals surface area contributed by atoms with Crippen LogP contribution in [0.4, 0.5) is 0 Å². The zero-order valence-corrected chi connectivity index (χ0v) is 41.4. The molecule has 0 saturated carbocycles. The molecule has 2 atom stereocenters. The fourth-order valence-corrected chi connectivity index (χ4v) is 8.20. The maximum absolute atomic E-state index is 12.4. The summed E-state index contributed by atoms with van der Waals surface area (Å²) in [6.45, 7) is 4.80. The second-order valence-electron chi connectivity index (χ2n) is 18.6. The fourth-order valence-electron chi connectivity index (χ4n) is 8.20. The predicted molar refractivity (Wildman–Crippen MR) is 269 cm³/mol. The Labute approximate surface area is 385 Å². The summed E-state index contributed by atoms with van der Waals surface area (Å²) in [5.74, 6) is -0.0728. The zero-order valence-electron chi connectivity index (χ0n) is 41.4. The molecule has 0 rings (SSSR count). The van der Waals surface area contributed by atoms with Gasteiger partial charge in [0.15, 0.2) is 0 Å². The molecule has 0 aromatic rings. The lowest BCUT2D eigenvalue weighted by atomic mass is 10.0. The van der Waals surface area contributed by atoms with Crippen molar-refractivity contribution >= 4 is 11.9 Å². The summed E-state index contributed by atoms with van der Waals surface area (Å²) in [7, 11) is 0. The van der Waals surface area contributed by atoms with Crippen molar-refractivity contribution in [3.8, 4) is 0 Å². The van der Waals surface area contributed by atoms with Crippen LogP contribution in [0.1, 0.15) is 284 Å². The van der Waals surface area contributed by atoms with Crippen LogP contribution in [0, 0.1) is 0 Å². The average Bonchev–Trinajstić information content (AvgIpc) is 3.27. The Hall–Kier alpha value is -1.92. The number of hydrogen-bond donors (Lipinski definition) is 3. The summed E-state index contributed by atoms with van der Waals surface area (Å²) in [4.78, 5) is 24.4. The lowest BCUT2D eigenvalue weighted by molar-refractivity contribution is -0.143. The molecule has 364 valence electrons. The molecule has 0 fully saturated rings. The first kappa shape index (κ1) is 60.1. The maximum Gasteiger partial charge on any atom is 0.305 e. The molecule has 6 heteroatoms. The minimum atomic E-state index is -0.842. The Bertz CT molecular complexity index is 1010. The van der Waals surface area contributed by atoms with Gasteiger partial charge in [-0.15, -0.1) is 0 Å². The van der Waals surface area contributed by atoms with Gasteiger partial charge in [-0.05, 0) is 57.8 Å². The van der Waals surface area contributed by atoms with Crippen LogP contribution in [-0.4, -0.2) is 47.4 Å². The van der Waals surface area contributed by atoms with Crippen molar-refractivity contribution in [2.75, 3.05) is 13.2 Å². The highest BCUT2D eigenvalue weighted by atomic mass is 16.5. The molecule has 0 saturated heterocycles. The Morgan fingerprint density at radius 1 is 0.452 bits per heavy atom. The number of unbranched alkanes of at least 4 members (excludes halogenated alkanes) is 35. The lowest BCUT2D eigenvalue weighted by Gasteiger charge is -2.20. The molecule has 0 radical (unpaired) electrons. The van der Waals surface area contributed by atoms with Crippen molar-refractivity contribution in [3.05, 3.63) is 36.5 Å². The normalized spacial score (nSPS) is 12.9. The molecule has 0 aromatic heterocycles. The summed E-state index contributed by atoms with van der Waals surface area (Å²) < 4.78 is 5.46. The van der Waals surface area contributed by atoms with Gasteiger partial charge in [-0.1, -0.05) is 249 Å². The first-order valence-corrected chi connectivity index (χ1v) is 27.3. The van der Waals surface area contributed by atoms with Gasteiger partial charge in [0.1, 0.15) is 0 Å². The van der Waals surface area contributed by atoms with Gasteiger partial charge in [0.05, 0.1) is 25.4 Å². The smallest absolute Gasteiger partial charge is 0.305 e. The first-order chi connectivity index (χ1) is 30.5. The van der Waals surface area contributed by atoms with E-state index in [9.17, 15) is 19.8 Å². The third-order valence-electron chi connectivity index (χ3n) is 12.4. The molecule has 0 heterocycles. The lowest BCUT2D eigenvalue weighted by Crippen LogP contribution is -2.45. The molecule has 6 nitrogen and oxygen atoms in total. The van der Waals surface area contributed by atoms with Gasteiger partial charge in [0.2, 0.25) is 5.91 Å². The van der Waals surface area contributed by atoms with E-state index in [4.69, 9.17) is 4.74 Å². The van der Waals surface area contributed by atoms with Crippen LogP contribution in [0.15, 0.2) is 36.5 Å². The number of carbonyl (C=O) groups is 2. The number of rotatable bonds is 50. The molecular weight excluding hydrogens is 767 g/mol. The largest absolute Gasteiger partial charge is 0.466 e. The molecule has 0 bridgehead atoms. The van der Waals surface area contributed by atoms with Gasteiger partial charge >= 0.3 is 5.97 Å². The van der Waals surface area contributed by atoms with Crippen molar-refractivity contribution < 1.29 is 24.5 Å². The van der Waals surface area contributed by atoms with Crippen molar-refractivity contribution in [1.82, 2.24) is 5.32 Å². The molecule has 0 aliphatic heterocycles. The SMILES string of the molecule is CCC/C=C\C/C=C\CCCCCCCC(=O)OCCCCCCCCCCCCCCCCCCCCCCCCCC(=O)NC(CO)C(O)/C=C/CCCCCCCCC. The zero-order chi connectivity index (χ0) is 45.1. The second-order valence-corrected chi connectivity index (χ2v) is 18.6. The maximum atomic E-state index is 12.4. The van der Waals surface area contributed by atoms with Crippen molar-refractivity contribution in [3.63, 3.8) is 0 Å². The van der Waals surface area contributed by atoms with Crippen molar-refractivity contribution in [2.24, 2.45) is 0 Å². The van der Waals surface area contributed by atoms with Crippen molar-refractivity contribution in [2.45, 2.75) is 296 Å². The summed E-state index contributed by atoms with van der Waals surface area (Å²) in [5.41, 5.74) is 0. The predicted octanol–water partition coefficient (Wildman–Crippen LogP) is 16.5. The molecule has 0 aliphatic carbocycles. The summed E-state index contributed by atoms with van der Waals surface area (Å²) in [6.07, 6.45) is 63.1. The number of nitrogens with one attached hydrogen (secondary N) is 1. The number of hydrogen-bond acceptors (Lipinski definition) is 5. The van der Waals surface area contributed by atoms with Gasteiger partial charge in [-0.25, -0.2) is 0 Å². The fraction of sp³-hybridized carbons (Fsp3) is 0.857. The van der Waals surface area contributed by atoms with E-state index in [1.54, 1.807) is 6.08 Å². The van der Waals surface area contributed by atoms with Crippen LogP contribution in [0.2, 0.25) is 0 Å².